The van der Waals surface area contributed by atoms with Crippen molar-refractivity contribution in [2.45, 2.75) is 19.8 Å². The van der Waals surface area contributed by atoms with Crippen molar-refractivity contribution in [2.24, 2.45) is 0 Å². The number of anilines is 1. The molecule has 2 aromatic rings. The summed E-state index contributed by atoms with van der Waals surface area (Å²) in [5.74, 6) is 1.37. The van der Waals surface area contributed by atoms with E-state index in [9.17, 15) is 0 Å². The number of nitrogens with one attached hydrogen (secondary N) is 1. The van der Waals surface area contributed by atoms with Gasteiger partial charge in [-0.05, 0) is 24.3 Å². The third kappa shape index (κ3) is 2.54. The second-order valence-corrected chi connectivity index (χ2v) is 5.47. The number of benzene rings is 1. The van der Waals surface area contributed by atoms with Crippen LogP contribution >= 0.6 is 0 Å². The Bertz CT molecular complexity index is 552. The number of hydrogen-bond acceptors (Lipinski definition) is 4. The molecule has 0 saturated carbocycles. The van der Waals surface area contributed by atoms with E-state index in [-0.39, 0.29) is 0 Å². The summed E-state index contributed by atoms with van der Waals surface area (Å²) in [7, 11) is 0. The van der Waals surface area contributed by atoms with Gasteiger partial charge in [0.2, 0.25) is 0 Å². The Morgan fingerprint density at radius 1 is 1.05 bits per heavy atom. The van der Waals surface area contributed by atoms with Gasteiger partial charge in [0.15, 0.2) is 0 Å². The summed E-state index contributed by atoms with van der Waals surface area (Å²) < 4.78 is 2.06. The summed E-state index contributed by atoms with van der Waals surface area (Å²) in [5, 5.41) is 11.6. The van der Waals surface area contributed by atoms with Crippen LogP contribution in [0.5, 0.6) is 0 Å². The zero-order valence-corrected chi connectivity index (χ0v) is 12.1. The molecule has 106 valence electrons. The van der Waals surface area contributed by atoms with Crippen LogP contribution in [0.15, 0.2) is 30.6 Å². The molecule has 0 atom stereocenters. The van der Waals surface area contributed by atoms with E-state index in [0.717, 1.165) is 37.7 Å². The highest BCUT2D eigenvalue weighted by Crippen LogP contribution is 2.20. The predicted octanol–water partition coefficient (Wildman–Crippen LogP) is 1.80. The van der Waals surface area contributed by atoms with Gasteiger partial charge in [-0.2, -0.15) is 0 Å². The van der Waals surface area contributed by atoms with Crippen LogP contribution in [0, 0.1) is 0 Å². The molecular weight excluding hydrogens is 250 g/mol. The molecular formula is C15H21N5. The van der Waals surface area contributed by atoms with Crippen molar-refractivity contribution in [1.82, 2.24) is 20.1 Å². The van der Waals surface area contributed by atoms with Gasteiger partial charge in [-0.3, -0.25) is 4.57 Å². The zero-order chi connectivity index (χ0) is 13.9. The Balaban J connectivity index is 1.83. The predicted molar refractivity (Wildman–Crippen MR) is 80.5 cm³/mol. The van der Waals surface area contributed by atoms with E-state index in [0.29, 0.717) is 5.92 Å². The lowest BCUT2D eigenvalue weighted by Gasteiger charge is -2.29. The fourth-order valence-corrected chi connectivity index (χ4v) is 2.58. The second kappa shape index (κ2) is 5.63. The highest BCUT2D eigenvalue weighted by atomic mass is 15.3. The molecule has 0 aliphatic carbocycles. The van der Waals surface area contributed by atoms with Crippen molar-refractivity contribution in [3.63, 3.8) is 0 Å². The van der Waals surface area contributed by atoms with Crippen molar-refractivity contribution < 1.29 is 0 Å². The van der Waals surface area contributed by atoms with Crippen LogP contribution in [0.4, 0.5) is 5.69 Å². The highest BCUT2D eigenvalue weighted by Gasteiger charge is 2.12. The Morgan fingerprint density at radius 2 is 1.70 bits per heavy atom. The first-order chi connectivity index (χ1) is 9.75. The number of aromatic nitrogens is 3. The van der Waals surface area contributed by atoms with E-state index >= 15 is 0 Å². The summed E-state index contributed by atoms with van der Waals surface area (Å²) in [5.41, 5.74) is 2.41. The highest BCUT2D eigenvalue weighted by molar-refractivity contribution is 5.51. The van der Waals surface area contributed by atoms with E-state index in [2.05, 4.69) is 63.1 Å². The van der Waals surface area contributed by atoms with Gasteiger partial charge in [0.1, 0.15) is 12.2 Å². The fraction of sp³-hybridized carbons (Fsp3) is 0.467. The average Bonchev–Trinajstić information content (AvgIpc) is 2.98. The van der Waals surface area contributed by atoms with Crippen molar-refractivity contribution in [3.8, 4) is 5.69 Å². The van der Waals surface area contributed by atoms with Crippen LogP contribution in [0.3, 0.4) is 0 Å². The maximum Gasteiger partial charge on any atom is 0.139 e. The SMILES string of the molecule is CC(C)c1nncn1-c1ccc(N2CCNCC2)cc1. The summed E-state index contributed by atoms with van der Waals surface area (Å²) >= 11 is 0. The molecule has 2 heterocycles. The Morgan fingerprint density at radius 3 is 2.35 bits per heavy atom. The zero-order valence-electron chi connectivity index (χ0n) is 12.1. The molecule has 1 aliphatic rings. The van der Waals surface area contributed by atoms with Crippen LogP contribution in [-0.4, -0.2) is 40.9 Å². The van der Waals surface area contributed by atoms with Crippen molar-refractivity contribution in [3.05, 3.63) is 36.4 Å². The largest absolute Gasteiger partial charge is 0.369 e. The topological polar surface area (TPSA) is 46.0 Å². The number of piperazine rings is 1. The monoisotopic (exact) mass is 271 g/mol. The first-order valence-electron chi connectivity index (χ1n) is 7.22. The third-order valence-corrected chi connectivity index (χ3v) is 3.70. The normalized spacial score (nSPS) is 15.8. The average molecular weight is 271 g/mol. The number of hydrogen-bond donors (Lipinski definition) is 1. The van der Waals surface area contributed by atoms with Gasteiger partial charge in [-0.1, -0.05) is 13.8 Å². The minimum absolute atomic E-state index is 0.366. The van der Waals surface area contributed by atoms with E-state index < -0.39 is 0 Å². The molecule has 1 aliphatic heterocycles. The van der Waals surface area contributed by atoms with E-state index in [1.807, 2.05) is 0 Å². The molecule has 0 radical (unpaired) electrons. The Hall–Kier alpha value is -1.88. The van der Waals surface area contributed by atoms with Crippen LogP contribution in [0.1, 0.15) is 25.6 Å². The standard InChI is InChI=1S/C15H21N5/c1-12(2)15-18-17-11-20(15)14-5-3-13(4-6-14)19-9-7-16-8-10-19/h3-6,11-12,16H,7-10H2,1-2H3. The van der Waals surface area contributed by atoms with Gasteiger partial charge in [0.05, 0.1) is 0 Å². The summed E-state index contributed by atoms with van der Waals surface area (Å²) in [6.45, 7) is 8.53. The van der Waals surface area contributed by atoms with Crippen molar-refractivity contribution >= 4 is 5.69 Å². The molecule has 1 N–H and O–H groups in total. The smallest absolute Gasteiger partial charge is 0.139 e. The van der Waals surface area contributed by atoms with E-state index in [1.165, 1.54) is 5.69 Å². The molecule has 0 spiro atoms. The Kier molecular flexibility index (Phi) is 3.69. The second-order valence-electron chi connectivity index (χ2n) is 5.47. The van der Waals surface area contributed by atoms with Crippen LogP contribution in [-0.2, 0) is 0 Å². The summed E-state index contributed by atoms with van der Waals surface area (Å²) in [6, 6.07) is 8.66. The van der Waals surface area contributed by atoms with Gasteiger partial charge < -0.3 is 10.2 Å². The lowest BCUT2D eigenvalue weighted by molar-refractivity contribution is 0.589. The maximum absolute atomic E-state index is 4.20. The lowest BCUT2D eigenvalue weighted by atomic mass is 10.2. The number of rotatable bonds is 3. The van der Waals surface area contributed by atoms with Crippen LogP contribution < -0.4 is 10.2 Å². The van der Waals surface area contributed by atoms with E-state index in [4.69, 9.17) is 0 Å². The first-order valence-corrected chi connectivity index (χ1v) is 7.22. The molecule has 3 rings (SSSR count). The van der Waals surface area contributed by atoms with E-state index in [1.54, 1.807) is 6.33 Å². The van der Waals surface area contributed by atoms with Gasteiger partial charge in [-0.15, -0.1) is 10.2 Å². The fourth-order valence-electron chi connectivity index (χ4n) is 2.58. The van der Waals surface area contributed by atoms with Gasteiger partial charge in [-0.25, -0.2) is 0 Å². The molecule has 0 unspecified atom stereocenters. The molecule has 1 aromatic carbocycles. The molecule has 1 fully saturated rings. The quantitative estimate of drug-likeness (QED) is 0.924. The van der Waals surface area contributed by atoms with Gasteiger partial charge in [0.25, 0.3) is 0 Å². The molecule has 5 heteroatoms. The van der Waals surface area contributed by atoms with Gasteiger partial charge >= 0.3 is 0 Å². The minimum atomic E-state index is 0.366. The molecule has 1 saturated heterocycles. The lowest BCUT2D eigenvalue weighted by Crippen LogP contribution is -2.43. The first kappa shape index (κ1) is 13.1. The third-order valence-electron chi connectivity index (χ3n) is 3.70. The summed E-state index contributed by atoms with van der Waals surface area (Å²) in [6.07, 6.45) is 1.79. The number of nitrogens with zero attached hydrogens (tertiary/aromatic N) is 4. The Labute approximate surface area is 119 Å². The molecule has 20 heavy (non-hydrogen) atoms. The molecule has 0 amide bonds. The van der Waals surface area contributed by atoms with Crippen molar-refractivity contribution in [2.75, 3.05) is 31.1 Å². The summed E-state index contributed by atoms with van der Waals surface area (Å²) in [4.78, 5) is 2.41. The molecule has 5 nitrogen and oxygen atoms in total. The molecule has 1 aromatic heterocycles. The van der Waals surface area contributed by atoms with Gasteiger partial charge in [0, 0.05) is 43.5 Å². The van der Waals surface area contributed by atoms with Crippen LogP contribution in [0.2, 0.25) is 0 Å². The van der Waals surface area contributed by atoms with Crippen LogP contribution in [0.25, 0.3) is 5.69 Å². The van der Waals surface area contributed by atoms with Crippen molar-refractivity contribution in [1.29, 1.82) is 0 Å². The molecule has 0 bridgehead atoms. The maximum atomic E-state index is 4.20. The minimum Gasteiger partial charge on any atom is -0.369 e.